The first-order valence-electron chi connectivity index (χ1n) is 6.24. The molecule has 2 aromatic heterocycles. The molecule has 0 aliphatic heterocycles. The van der Waals surface area contributed by atoms with Crippen LogP contribution < -0.4 is 5.32 Å². The number of nitrogens with one attached hydrogen (secondary N) is 1. The molecule has 6 heteroatoms. The molecule has 2 heterocycles. The van der Waals surface area contributed by atoms with Crippen LogP contribution in [0.5, 0.6) is 0 Å². The van der Waals surface area contributed by atoms with E-state index in [2.05, 4.69) is 25.4 Å². The lowest BCUT2D eigenvalue weighted by molar-refractivity contribution is 0.662. The molecule has 0 spiro atoms. The number of fused-ring (bicyclic) bond motifs is 1. The predicted molar refractivity (Wildman–Crippen MR) is 67.0 cm³/mol. The molecule has 1 N–H and O–H groups in total. The zero-order chi connectivity index (χ0) is 12.4. The standard InChI is InChI=1S/C12H16N6/c1-18-8-16-11(17-18)6-13-12-9-4-2-3-5-10(9)14-7-15-12/h7-8H,2-6H2,1H3,(H,13,14,15). The van der Waals surface area contributed by atoms with Crippen molar-refractivity contribution in [3.8, 4) is 0 Å². The van der Waals surface area contributed by atoms with Crippen LogP contribution in [0.3, 0.4) is 0 Å². The van der Waals surface area contributed by atoms with Crippen LogP contribution in [-0.4, -0.2) is 24.7 Å². The van der Waals surface area contributed by atoms with Crippen molar-refractivity contribution in [1.82, 2.24) is 24.7 Å². The fourth-order valence-corrected chi connectivity index (χ4v) is 2.30. The SMILES string of the molecule is Cn1cnc(CNc2ncnc3c2CCCC3)n1. The van der Waals surface area contributed by atoms with E-state index < -0.39 is 0 Å². The number of aryl methyl sites for hydroxylation is 2. The summed E-state index contributed by atoms with van der Waals surface area (Å²) >= 11 is 0. The Balaban J connectivity index is 1.76. The van der Waals surface area contributed by atoms with Crippen LogP contribution in [0.4, 0.5) is 5.82 Å². The van der Waals surface area contributed by atoms with Gasteiger partial charge in [-0.2, -0.15) is 5.10 Å². The molecule has 0 aromatic carbocycles. The smallest absolute Gasteiger partial charge is 0.169 e. The fourth-order valence-electron chi connectivity index (χ4n) is 2.30. The van der Waals surface area contributed by atoms with Gasteiger partial charge in [-0.05, 0) is 25.7 Å². The van der Waals surface area contributed by atoms with E-state index in [9.17, 15) is 0 Å². The Labute approximate surface area is 105 Å². The van der Waals surface area contributed by atoms with Crippen molar-refractivity contribution < 1.29 is 0 Å². The van der Waals surface area contributed by atoms with E-state index in [1.54, 1.807) is 17.3 Å². The Hall–Kier alpha value is -1.98. The first kappa shape index (κ1) is 11.1. The summed E-state index contributed by atoms with van der Waals surface area (Å²) in [6.45, 7) is 0.601. The topological polar surface area (TPSA) is 68.5 Å². The first-order valence-corrected chi connectivity index (χ1v) is 6.24. The number of rotatable bonds is 3. The quantitative estimate of drug-likeness (QED) is 0.875. The summed E-state index contributed by atoms with van der Waals surface area (Å²) in [5, 5.41) is 7.55. The second-order valence-electron chi connectivity index (χ2n) is 4.54. The summed E-state index contributed by atoms with van der Waals surface area (Å²) < 4.78 is 1.70. The lowest BCUT2D eigenvalue weighted by Gasteiger charge is -2.17. The molecule has 6 nitrogen and oxygen atoms in total. The van der Waals surface area contributed by atoms with Gasteiger partial charge in [0.05, 0.1) is 6.54 Å². The van der Waals surface area contributed by atoms with Crippen LogP contribution in [-0.2, 0) is 26.4 Å². The minimum atomic E-state index is 0.601. The molecule has 0 saturated carbocycles. The van der Waals surface area contributed by atoms with Crippen molar-refractivity contribution >= 4 is 5.82 Å². The fraction of sp³-hybridized carbons (Fsp3) is 0.500. The van der Waals surface area contributed by atoms with E-state index in [-0.39, 0.29) is 0 Å². The van der Waals surface area contributed by atoms with Gasteiger partial charge in [0.2, 0.25) is 0 Å². The minimum Gasteiger partial charge on any atom is -0.362 e. The van der Waals surface area contributed by atoms with Crippen LogP contribution in [0, 0.1) is 0 Å². The van der Waals surface area contributed by atoms with E-state index in [0.717, 1.165) is 24.5 Å². The molecule has 0 saturated heterocycles. The van der Waals surface area contributed by atoms with Gasteiger partial charge in [0.1, 0.15) is 18.5 Å². The molecule has 1 aliphatic carbocycles. The molecule has 94 valence electrons. The Bertz CT molecular complexity index is 547. The maximum absolute atomic E-state index is 4.35. The summed E-state index contributed by atoms with van der Waals surface area (Å²) in [5.74, 6) is 1.72. The van der Waals surface area contributed by atoms with Crippen LogP contribution >= 0.6 is 0 Å². The predicted octanol–water partition coefficient (Wildman–Crippen LogP) is 1.10. The molecule has 2 aromatic rings. The van der Waals surface area contributed by atoms with Crippen molar-refractivity contribution in [2.45, 2.75) is 32.2 Å². The van der Waals surface area contributed by atoms with Gasteiger partial charge in [0, 0.05) is 18.3 Å². The van der Waals surface area contributed by atoms with E-state index in [4.69, 9.17) is 0 Å². The van der Waals surface area contributed by atoms with E-state index in [1.807, 2.05) is 7.05 Å². The lowest BCUT2D eigenvalue weighted by Crippen LogP contribution is -2.12. The first-order chi connectivity index (χ1) is 8.83. The van der Waals surface area contributed by atoms with E-state index >= 15 is 0 Å². The average Bonchev–Trinajstić information content (AvgIpc) is 2.82. The monoisotopic (exact) mass is 244 g/mol. The van der Waals surface area contributed by atoms with Crippen molar-refractivity contribution in [1.29, 1.82) is 0 Å². The second kappa shape index (κ2) is 4.72. The van der Waals surface area contributed by atoms with Crippen LogP contribution in [0.2, 0.25) is 0 Å². The molecule has 0 fully saturated rings. The van der Waals surface area contributed by atoms with Gasteiger partial charge in [0.15, 0.2) is 5.82 Å². The zero-order valence-electron chi connectivity index (χ0n) is 10.4. The minimum absolute atomic E-state index is 0.601. The Morgan fingerprint density at radius 3 is 2.94 bits per heavy atom. The van der Waals surface area contributed by atoms with Crippen molar-refractivity contribution in [2.75, 3.05) is 5.32 Å². The van der Waals surface area contributed by atoms with Gasteiger partial charge in [0.25, 0.3) is 0 Å². The molecule has 3 rings (SSSR count). The molecular formula is C12H16N6. The van der Waals surface area contributed by atoms with Crippen molar-refractivity contribution in [3.63, 3.8) is 0 Å². The maximum Gasteiger partial charge on any atom is 0.169 e. The van der Waals surface area contributed by atoms with Gasteiger partial charge < -0.3 is 5.32 Å². The third-order valence-corrected chi connectivity index (χ3v) is 3.19. The third kappa shape index (κ3) is 2.18. The molecule has 0 atom stereocenters. The van der Waals surface area contributed by atoms with Gasteiger partial charge in [-0.1, -0.05) is 0 Å². The lowest BCUT2D eigenvalue weighted by atomic mass is 9.96. The average molecular weight is 244 g/mol. The molecule has 18 heavy (non-hydrogen) atoms. The molecule has 0 amide bonds. The summed E-state index contributed by atoms with van der Waals surface area (Å²) in [6, 6.07) is 0. The number of anilines is 1. The van der Waals surface area contributed by atoms with Crippen molar-refractivity contribution in [2.24, 2.45) is 7.05 Å². The van der Waals surface area contributed by atoms with Crippen LogP contribution in [0.25, 0.3) is 0 Å². The van der Waals surface area contributed by atoms with Gasteiger partial charge >= 0.3 is 0 Å². The van der Waals surface area contributed by atoms with Gasteiger partial charge in [-0.25, -0.2) is 15.0 Å². The molecule has 1 aliphatic rings. The molecule has 0 unspecified atom stereocenters. The normalized spacial score (nSPS) is 14.3. The molecular weight excluding hydrogens is 228 g/mol. The van der Waals surface area contributed by atoms with Crippen molar-refractivity contribution in [3.05, 3.63) is 29.7 Å². The van der Waals surface area contributed by atoms with Gasteiger partial charge in [-0.15, -0.1) is 0 Å². The van der Waals surface area contributed by atoms with E-state index in [0.29, 0.717) is 6.54 Å². The van der Waals surface area contributed by atoms with E-state index in [1.165, 1.54) is 24.1 Å². The Morgan fingerprint density at radius 2 is 2.11 bits per heavy atom. The largest absolute Gasteiger partial charge is 0.362 e. The van der Waals surface area contributed by atoms with Crippen LogP contribution in [0.15, 0.2) is 12.7 Å². The van der Waals surface area contributed by atoms with Gasteiger partial charge in [-0.3, -0.25) is 4.68 Å². The molecule has 0 bridgehead atoms. The summed E-state index contributed by atoms with van der Waals surface area (Å²) in [7, 11) is 1.86. The highest BCUT2D eigenvalue weighted by molar-refractivity contribution is 5.46. The highest BCUT2D eigenvalue weighted by Crippen LogP contribution is 2.24. The van der Waals surface area contributed by atoms with Crippen LogP contribution in [0.1, 0.15) is 29.9 Å². The highest BCUT2D eigenvalue weighted by atomic mass is 15.3. The number of nitrogens with zero attached hydrogens (tertiary/aromatic N) is 5. The number of hydrogen-bond donors (Lipinski definition) is 1. The summed E-state index contributed by atoms with van der Waals surface area (Å²) in [5.41, 5.74) is 2.45. The zero-order valence-corrected chi connectivity index (χ0v) is 10.4. The Morgan fingerprint density at radius 1 is 1.22 bits per heavy atom. The number of hydrogen-bond acceptors (Lipinski definition) is 5. The second-order valence-corrected chi connectivity index (χ2v) is 4.54. The highest BCUT2D eigenvalue weighted by Gasteiger charge is 2.15. The third-order valence-electron chi connectivity index (χ3n) is 3.19. The number of aromatic nitrogens is 5. The Kier molecular flexibility index (Phi) is 2.92. The summed E-state index contributed by atoms with van der Waals surface area (Å²) in [4.78, 5) is 12.9. The maximum atomic E-state index is 4.35. The summed E-state index contributed by atoms with van der Waals surface area (Å²) in [6.07, 6.45) is 7.91. The molecule has 0 radical (unpaired) electrons.